The summed E-state index contributed by atoms with van der Waals surface area (Å²) in [5.41, 5.74) is 0. The van der Waals surface area contributed by atoms with E-state index in [4.69, 9.17) is 0 Å². The maximum absolute atomic E-state index is 10.3. The van der Waals surface area contributed by atoms with Crippen LogP contribution in [-0.2, 0) is 4.79 Å². The summed E-state index contributed by atoms with van der Waals surface area (Å²) in [5.74, 6) is 2.59. The second-order valence-corrected chi connectivity index (χ2v) is 2.88. The van der Waals surface area contributed by atoms with Crippen LogP contribution in [0.4, 0.5) is 0 Å². The monoisotopic (exact) mass is 138 g/mol. The highest BCUT2D eigenvalue weighted by Gasteiger charge is 2.29. The highest BCUT2D eigenvalue weighted by Crippen LogP contribution is 2.19. The number of piperidine rings is 1. The molecule has 0 aromatic heterocycles. The first-order valence-corrected chi connectivity index (χ1v) is 3.67. The average molecular weight is 138 g/mol. The molecule has 10 heavy (non-hydrogen) atoms. The molecule has 0 aliphatic carbocycles. The van der Waals surface area contributed by atoms with Crippen LogP contribution >= 0.6 is 0 Å². The van der Waals surface area contributed by atoms with E-state index in [-0.39, 0.29) is 0 Å². The van der Waals surface area contributed by atoms with Gasteiger partial charge in [0.15, 0.2) is 11.8 Å². The molecule has 3 heteroatoms. The van der Waals surface area contributed by atoms with Gasteiger partial charge in [-0.15, -0.1) is 0 Å². The van der Waals surface area contributed by atoms with Crippen LogP contribution in [0.25, 0.3) is 0 Å². The lowest BCUT2D eigenvalue weighted by Gasteiger charge is -2.20. The molecule has 0 aromatic rings. The lowest BCUT2D eigenvalue weighted by atomic mass is 10.1. The van der Waals surface area contributed by atoms with Crippen LogP contribution in [0.1, 0.15) is 12.8 Å². The number of fused-ring (bicyclic) bond motifs is 2. The number of rotatable bonds is 0. The summed E-state index contributed by atoms with van der Waals surface area (Å²) in [4.78, 5) is 12.4. The molecule has 2 fully saturated rings. The van der Waals surface area contributed by atoms with Crippen LogP contribution in [0.2, 0.25) is 0 Å². The van der Waals surface area contributed by atoms with Gasteiger partial charge < -0.3 is 10.2 Å². The lowest BCUT2D eigenvalue weighted by molar-refractivity contribution is 0.325. The van der Waals surface area contributed by atoms with E-state index in [9.17, 15) is 4.79 Å². The van der Waals surface area contributed by atoms with Gasteiger partial charge >= 0.3 is 0 Å². The van der Waals surface area contributed by atoms with E-state index in [2.05, 4.69) is 10.2 Å². The Morgan fingerprint density at radius 2 is 2.60 bits per heavy atom. The van der Waals surface area contributed by atoms with Gasteiger partial charge in [-0.3, -0.25) is 0 Å². The molecular formula is C7H10N2O. The van der Waals surface area contributed by atoms with Gasteiger partial charge in [0.25, 0.3) is 0 Å². The van der Waals surface area contributed by atoms with Crippen LogP contribution in [0.5, 0.6) is 0 Å². The Morgan fingerprint density at radius 1 is 1.70 bits per heavy atom. The summed E-state index contributed by atoms with van der Waals surface area (Å²) >= 11 is 0. The number of nitrogens with one attached hydrogen (secondary N) is 1. The highest BCUT2D eigenvalue weighted by atomic mass is 16.1. The van der Waals surface area contributed by atoms with Crippen molar-refractivity contribution in [1.29, 1.82) is 0 Å². The predicted octanol–water partition coefficient (Wildman–Crippen LogP) is -0.273. The van der Waals surface area contributed by atoms with Crippen LogP contribution in [0.3, 0.4) is 0 Å². The standard InChI is InChI=1S/C7H10N2O/c10-5-7-8-6-2-1-3-9(7)4-6/h6,8H,1-4H2. The summed E-state index contributed by atoms with van der Waals surface area (Å²) in [5, 5.41) is 3.12. The fourth-order valence-electron chi connectivity index (χ4n) is 1.68. The Kier molecular flexibility index (Phi) is 1.18. The van der Waals surface area contributed by atoms with Crippen molar-refractivity contribution in [3.63, 3.8) is 0 Å². The van der Waals surface area contributed by atoms with Crippen molar-refractivity contribution < 1.29 is 4.79 Å². The van der Waals surface area contributed by atoms with Crippen molar-refractivity contribution in [2.24, 2.45) is 0 Å². The van der Waals surface area contributed by atoms with Gasteiger partial charge in [0.1, 0.15) is 0 Å². The largest absolute Gasteiger partial charge is 0.358 e. The van der Waals surface area contributed by atoms with Crippen molar-refractivity contribution in [2.45, 2.75) is 18.9 Å². The smallest absolute Gasteiger partial charge is 0.189 e. The molecule has 0 radical (unpaired) electrons. The van der Waals surface area contributed by atoms with Crippen LogP contribution in [0.15, 0.2) is 5.82 Å². The predicted molar refractivity (Wildman–Crippen MR) is 36.9 cm³/mol. The molecule has 1 atom stereocenters. The summed E-state index contributed by atoms with van der Waals surface area (Å²) < 4.78 is 0. The first kappa shape index (κ1) is 5.81. The molecule has 2 heterocycles. The van der Waals surface area contributed by atoms with Gasteiger partial charge in [-0.25, -0.2) is 4.79 Å². The minimum Gasteiger partial charge on any atom is -0.358 e. The zero-order chi connectivity index (χ0) is 6.97. The molecule has 2 bridgehead atoms. The summed E-state index contributed by atoms with van der Waals surface area (Å²) in [6, 6.07) is 0.519. The van der Waals surface area contributed by atoms with Crippen LogP contribution < -0.4 is 5.32 Å². The molecule has 2 aliphatic heterocycles. The third-order valence-corrected chi connectivity index (χ3v) is 2.18. The topological polar surface area (TPSA) is 32.3 Å². The fourth-order valence-corrected chi connectivity index (χ4v) is 1.68. The van der Waals surface area contributed by atoms with Gasteiger partial charge in [0.05, 0.1) is 0 Å². The molecule has 2 aliphatic rings. The van der Waals surface area contributed by atoms with Gasteiger partial charge in [0, 0.05) is 19.1 Å². The molecular weight excluding hydrogens is 128 g/mol. The third-order valence-electron chi connectivity index (χ3n) is 2.18. The molecule has 0 saturated carbocycles. The SMILES string of the molecule is O=C=C1NC2CCCN1C2. The Hall–Kier alpha value is -0.950. The van der Waals surface area contributed by atoms with Crippen molar-refractivity contribution in [2.75, 3.05) is 13.1 Å². The van der Waals surface area contributed by atoms with E-state index < -0.39 is 0 Å². The number of hydrogen-bond donors (Lipinski definition) is 1. The van der Waals surface area contributed by atoms with Crippen molar-refractivity contribution in [3.8, 4) is 0 Å². The van der Waals surface area contributed by atoms with Gasteiger partial charge in [-0.05, 0) is 12.8 Å². The molecule has 2 rings (SSSR count). The van der Waals surface area contributed by atoms with E-state index in [1.54, 1.807) is 0 Å². The minimum absolute atomic E-state index is 0.519. The lowest BCUT2D eigenvalue weighted by Crippen LogP contribution is -2.29. The number of nitrogens with zero attached hydrogens (tertiary/aromatic N) is 1. The molecule has 1 unspecified atom stereocenters. The average Bonchev–Trinajstić information content (AvgIpc) is 2.26. The second-order valence-electron chi connectivity index (χ2n) is 2.88. The molecule has 0 spiro atoms. The van der Waals surface area contributed by atoms with Crippen LogP contribution in [-0.4, -0.2) is 30.0 Å². The van der Waals surface area contributed by atoms with Gasteiger partial charge in [-0.1, -0.05) is 0 Å². The molecule has 1 N–H and O–H groups in total. The number of hydrogen-bond acceptors (Lipinski definition) is 3. The quantitative estimate of drug-likeness (QED) is 0.467. The van der Waals surface area contributed by atoms with Gasteiger partial charge in [0.2, 0.25) is 0 Å². The first-order valence-electron chi connectivity index (χ1n) is 3.67. The van der Waals surface area contributed by atoms with E-state index in [1.165, 1.54) is 12.8 Å². The molecule has 2 saturated heterocycles. The maximum Gasteiger partial charge on any atom is 0.189 e. The summed E-state index contributed by atoms with van der Waals surface area (Å²) in [6.07, 6.45) is 2.39. The summed E-state index contributed by atoms with van der Waals surface area (Å²) in [7, 11) is 0. The van der Waals surface area contributed by atoms with E-state index in [0.29, 0.717) is 11.9 Å². The molecule has 0 amide bonds. The molecule has 0 aromatic carbocycles. The Bertz CT molecular complexity index is 196. The van der Waals surface area contributed by atoms with Gasteiger partial charge in [-0.2, -0.15) is 0 Å². The zero-order valence-corrected chi connectivity index (χ0v) is 5.76. The second kappa shape index (κ2) is 2.03. The Morgan fingerprint density at radius 3 is 3.30 bits per heavy atom. The third kappa shape index (κ3) is 0.711. The zero-order valence-electron chi connectivity index (χ0n) is 5.76. The molecule has 54 valence electrons. The van der Waals surface area contributed by atoms with Crippen molar-refractivity contribution >= 4 is 5.94 Å². The normalized spacial score (nSPS) is 29.8. The fraction of sp³-hybridized carbons (Fsp3) is 0.714. The van der Waals surface area contributed by atoms with E-state index in [1.807, 2.05) is 5.94 Å². The summed E-state index contributed by atoms with van der Waals surface area (Å²) in [6.45, 7) is 2.03. The maximum atomic E-state index is 10.3. The first-order chi connectivity index (χ1) is 4.90. The molecule has 3 nitrogen and oxygen atoms in total. The van der Waals surface area contributed by atoms with E-state index in [0.717, 1.165) is 13.1 Å². The highest BCUT2D eigenvalue weighted by molar-refractivity contribution is 5.52. The minimum atomic E-state index is 0.519. The van der Waals surface area contributed by atoms with E-state index >= 15 is 0 Å². The number of carbonyl (C=O) groups excluding carboxylic acids is 1. The van der Waals surface area contributed by atoms with Crippen LogP contribution in [0, 0.1) is 0 Å². The van der Waals surface area contributed by atoms with Crippen molar-refractivity contribution in [1.82, 2.24) is 10.2 Å². The Balaban J connectivity index is 2.23. The Labute approximate surface area is 59.7 Å². The van der Waals surface area contributed by atoms with Crippen molar-refractivity contribution in [3.05, 3.63) is 5.82 Å².